The van der Waals surface area contributed by atoms with Crippen LogP contribution in [-0.4, -0.2) is 21.8 Å². The van der Waals surface area contributed by atoms with Gasteiger partial charge >= 0.3 is 5.97 Å². The van der Waals surface area contributed by atoms with Crippen LogP contribution < -0.4 is 4.74 Å². The molecule has 7 nitrogen and oxygen atoms in total. The molecule has 0 saturated heterocycles. The molecule has 0 amide bonds. The molecular weight excluding hydrogens is 338 g/mol. The van der Waals surface area contributed by atoms with Gasteiger partial charge in [0.2, 0.25) is 0 Å². The fourth-order valence-corrected chi connectivity index (χ4v) is 2.36. The molecule has 0 aliphatic heterocycles. The van der Waals surface area contributed by atoms with Crippen molar-refractivity contribution in [3.05, 3.63) is 62.2 Å². The molecule has 0 aromatic heterocycles. The lowest BCUT2D eigenvalue weighted by atomic mass is 10.1. The van der Waals surface area contributed by atoms with E-state index in [0.29, 0.717) is 5.56 Å². The maximum absolute atomic E-state index is 11.3. The minimum Gasteiger partial charge on any atom is -0.477 e. The second-order valence-corrected chi connectivity index (χ2v) is 5.41. The van der Waals surface area contributed by atoms with E-state index in [1.54, 1.807) is 0 Å². The van der Waals surface area contributed by atoms with Crippen LogP contribution in [-0.2, 0) is 0 Å². The molecule has 0 aliphatic carbocycles. The molecular formula is C16H12ClNO6. The van der Waals surface area contributed by atoms with Crippen LogP contribution in [0, 0.1) is 17.0 Å². The summed E-state index contributed by atoms with van der Waals surface area (Å²) in [6, 6.07) is 6.81. The van der Waals surface area contributed by atoms with Crippen molar-refractivity contribution < 1.29 is 24.4 Å². The molecule has 1 N–H and O–H groups in total. The number of hydrogen-bond donors (Lipinski definition) is 1. The first kappa shape index (κ1) is 17.4. The Hall–Kier alpha value is -2.93. The number of halogens is 1. The predicted octanol–water partition coefficient (Wildman–Crippen LogP) is 4.25. The van der Waals surface area contributed by atoms with Gasteiger partial charge in [0.1, 0.15) is 17.1 Å². The van der Waals surface area contributed by atoms with Crippen LogP contribution >= 0.6 is 11.6 Å². The highest BCUT2D eigenvalue weighted by atomic mass is 35.5. The zero-order valence-corrected chi connectivity index (χ0v) is 13.5. The second kappa shape index (κ2) is 6.67. The average Bonchev–Trinajstić information content (AvgIpc) is 2.47. The SMILES string of the molecule is CC(=O)c1ccc(Oc2cc(C)c([N+](=O)[O-])c(C(=O)O)c2)c(Cl)c1. The van der Waals surface area contributed by atoms with Crippen molar-refractivity contribution in [1.82, 2.24) is 0 Å². The lowest BCUT2D eigenvalue weighted by molar-refractivity contribution is -0.385. The summed E-state index contributed by atoms with van der Waals surface area (Å²) in [6.45, 7) is 2.81. The Morgan fingerprint density at radius 1 is 1.25 bits per heavy atom. The van der Waals surface area contributed by atoms with E-state index in [2.05, 4.69) is 0 Å². The molecule has 0 unspecified atom stereocenters. The van der Waals surface area contributed by atoms with Crippen molar-refractivity contribution >= 4 is 29.0 Å². The lowest BCUT2D eigenvalue weighted by Gasteiger charge is -2.10. The number of carbonyl (C=O) groups excluding carboxylic acids is 1. The number of aromatic carboxylic acids is 1. The van der Waals surface area contributed by atoms with Crippen LogP contribution in [0.1, 0.15) is 33.2 Å². The van der Waals surface area contributed by atoms with Gasteiger partial charge in [0, 0.05) is 17.2 Å². The molecule has 0 aliphatic rings. The molecule has 0 saturated carbocycles. The largest absolute Gasteiger partial charge is 0.477 e. The lowest BCUT2D eigenvalue weighted by Crippen LogP contribution is -2.05. The van der Waals surface area contributed by atoms with Gasteiger partial charge in [-0.3, -0.25) is 14.9 Å². The number of carboxylic acids is 1. The van der Waals surface area contributed by atoms with E-state index in [1.807, 2.05) is 0 Å². The van der Waals surface area contributed by atoms with Crippen LogP contribution in [0.2, 0.25) is 5.02 Å². The summed E-state index contributed by atoms with van der Waals surface area (Å²) in [4.78, 5) is 32.8. The van der Waals surface area contributed by atoms with Crippen molar-refractivity contribution in [1.29, 1.82) is 0 Å². The van der Waals surface area contributed by atoms with E-state index in [1.165, 1.54) is 38.1 Å². The normalized spacial score (nSPS) is 10.3. The summed E-state index contributed by atoms with van der Waals surface area (Å²) < 4.78 is 5.52. The first-order valence-corrected chi connectivity index (χ1v) is 7.09. The zero-order valence-electron chi connectivity index (χ0n) is 12.7. The number of nitrogens with zero attached hydrogens (tertiary/aromatic N) is 1. The number of aryl methyl sites for hydroxylation is 1. The summed E-state index contributed by atoms with van der Waals surface area (Å²) in [5, 5.41) is 20.3. The monoisotopic (exact) mass is 349 g/mol. The molecule has 24 heavy (non-hydrogen) atoms. The molecule has 0 spiro atoms. The van der Waals surface area contributed by atoms with Gasteiger partial charge in [0.05, 0.1) is 9.95 Å². The van der Waals surface area contributed by atoms with Gasteiger partial charge in [-0.15, -0.1) is 0 Å². The zero-order chi connectivity index (χ0) is 18.0. The molecule has 0 atom stereocenters. The molecule has 124 valence electrons. The van der Waals surface area contributed by atoms with Crippen molar-refractivity contribution in [3.63, 3.8) is 0 Å². The van der Waals surface area contributed by atoms with Crippen LogP contribution in [0.3, 0.4) is 0 Å². The van der Waals surface area contributed by atoms with E-state index >= 15 is 0 Å². The number of hydrogen-bond acceptors (Lipinski definition) is 5. The fraction of sp³-hybridized carbons (Fsp3) is 0.125. The molecule has 0 radical (unpaired) electrons. The molecule has 0 heterocycles. The molecule has 0 bridgehead atoms. The third kappa shape index (κ3) is 3.52. The average molecular weight is 350 g/mol. The number of rotatable bonds is 5. The number of ether oxygens (including phenoxy) is 1. The van der Waals surface area contributed by atoms with E-state index in [4.69, 9.17) is 21.4 Å². The van der Waals surface area contributed by atoms with Crippen LogP contribution in [0.25, 0.3) is 0 Å². The number of carboxylic acid groups (broad SMARTS) is 1. The molecule has 2 aromatic carbocycles. The Morgan fingerprint density at radius 2 is 1.92 bits per heavy atom. The number of nitro groups is 1. The van der Waals surface area contributed by atoms with Gasteiger partial charge in [-0.1, -0.05) is 11.6 Å². The highest BCUT2D eigenvalue weighted by molar-refractivity contribution is 6.32. The number of nitro benzene ring substituents is 1. The highest BCUT2D eigenvalue weighted by Gasteiger charge is 2.24. The van der Waals surface area contributed by atoms with Crippen LogP contribution in [0.4, 0.5) is 5.69 Å². The van der Waals surface area contributed by atoms with Crippen molar-refractivity contribution in [3.8, 4) is 11.5 Å². The van der Waals surface area contributed by atoms with Crippen molar-refractivity contribution in [2.75, 3.05) is 0 Å². The van der Waals surface area contributed by atoms with E-state index in [-0.39, 0.29) is 27.9 Å². The summed E-state index contributed by atoms with van der Waals surface area (Å²) in [7, 11) is 0. The standard InChI is InChI=1S/C16H12ClNO6/c1-8-5-11(7-12(16(20)21)15(8)18(22)23)24-14-4-3-10(9(2)19)6-13(14)17/h3-7H,1-2H3,(H,20,21). The summed E-state index contributed by atoms with van der Waals surface area (Å²) in [5.74, 6) is -1.31. The van der Waals surface area contributed by atoms with Crippen LogP contribution in [0.15, 0.2) is 30.3 Å². The second-order valence-electron chi connectivity index (χ2n) is 5.00. The van der Waals surface area contributed by atoms with E-state index in [0.717, 1.165) is 6.07 Å². The van der Waals surface area contributed by atoms with Gasteiger partial charge in [-0.25, -0.2) is 4.79 Å². The number of carbonyl (C=O) groups is 2. The predicted molar refractivity (Wildman–Crippen MR) is 86.3 cm³/mol. The third-order valence-electron chi connectivity index (χ3n) is 3.25. The fourth-order valence-electron chi connectivity index (χ4n) is 2.14. The third-order valence-corrected chi connectivity index (χ3v) is 3.55. The Morgan fingerprint density at radius 3 is 2.42 bits per heavy atom. The van der Waals surface area contributed by atoms with Crippen LogP contribution in [0.5, 0.6) is 11.5 Å². The number of benzene rings is 2. The first-order chi connectivity index (χ1) is 11.2. The first-order valence-electron chi connectivity index (χ1n) is 6.71. The Bertz CT molecular complexity index is 862. The Kier molecular flexibility index (Phi) is 4.85. The molecule has 8 heteroatoms. The maximum Gasteiger partial charge on any atom is 0.342 e. The summed E-state index contributed by atoms with van der Waals surface area (Å²) in [5.41, 5.74) is -0.427. The van der Waals surface area contributed by atoms with Gasteiger partial charge in [0.15, 0.2) is 5.78 Å². The Balaban J connectivity index is 2.46. The molecule has 0 fully saturated rings. The summed E-state index contributed by atoms with van der Waals surface area (Å²) >= 11 is 6.05. The quantitative estimate of drug-likeness (QED) is 0.491. The topological polar surface area (TPSA) is 107 Å². The minimum atomic E-state index is -1.44. The highest BCUT2D eigenvalue weighted by Crippen LogP contribution is 2.34. The van der Waals surface area contributed by atoms with Gasteiger partial charge in [-0.05, 0) is 38.1 Å². The minimum absolute atomic E-state index is 0.0907. The maximum atomic E-state index is 11.3. The molecule has 2 rings (SSSR count). The van der Waals surface area contributed by atoms with Gasteiger partial charge in [0.25, 0.3) is 5.69 Å². The number of Topliss-reactive ketones (excluding diaryl/α,β-unsaturated/α-hetero) is 1. The van der Waals surface area contributed by atoms with Gasteiger partial charge in [-0.2, -0.15) is 0 Å². The van der Waals surface area contributed by atoms with Crippen molar-refractivity contribution in [2.45, 2.75) is 13.8 Å². The van der Waals surface area contributed by atoms with E-state index < -0.39 is 22.1 Å². The smallest absolute Gasteiger partial charge is 0.342 e. The van der Waals surface area contributed by atoms with Gasteiger partial charge < -0.3 is 9.84 Å². The number of ketones is 1. The summed E-state index contributed by atoms with van der Waals surface area (Å²) in [6.07, 6.45) is 0. The Labute approximate surface area is 141 Å². The van der Waals surface area contributed by atoms with E-state index in [9.17, 15) is 19.7 Å². The molecule has 2 aromatic rings. The van der Waals surface area contributed by atoms with Crippen molar-refractivity contribution in [2.24, 2.45) is 0 Å².